The van der Waals surface area contributed by atoms with Crippen LogP contribution in [0.15, 0.2) is 58.7 Å². The molecule has 0 saturated heterocycles. The molecule has 0 spiro atoms. The van der Waals surface area contributed by atoms with Gasteiger partial charge < -0.3 is 19.9 Å². The van der Waals surface area contributed by atoms with Gasteiger partial charge >= 0.3 is 0 Å². The Hall–Kier alpha value is -2.51. The highest BCUT2D eigenvalue weighted by molar-refractivity contribution is 8.13. The molecule has 0 fully saturated rings. The molecule has 0 aliphatic heterocycles. The van der Waals surface area contributed by atoms with Gasteiger partial charge in [0.1, 0.15) is 6.61 Å². The van der Waals surface area contributed by atoms with E-state index in [4.69, 9.17) is 19.9 Å². The number of hydrogen-bond donors (Lipinski definition) is 1. The van der Waals surface area contributed by atoms with Gasteiger partial charge in [0.05, 0.1) is 19.9 Å². The molecule has 2 rings (SSSR count). The first-order valence-corrected chi connectivity index (χ1v) is 9.04. The van der Waals surface area contributed by atoms with E-state index in [1.54, 1.807) is 20.4 Å². The van der Waals surface area contributed by atoms with E-state index in [1.165, 1.54) is 17.3 Å². The van der Waals surface area contributed by atoms with Crippen LogP contribution in [0.2, 0.25) is 0 Å². The maximum absolute atomic E-state index is 5.88. The van der Waals surface area contributed by atoms with E-state index in [9.17, 15) is 0 Å². The summed E-state index contributed by atoms with van der Waals surface area (Å²) in [4.78, 5) is 0. The third-order valence-corrected chi connectivity index (χ3v) is 4.18. The average Bonchev–Trinajstić information content (AvgIpc) is 2.68. The monoisotopic (exact) mass is 373 g/mol. The summed E-state index contributed by atoms with van der Waals surface area (Å²) in [5.41, 5.74) is 7.90. The molecular formula is C19H23N3O3S. The highest BCUT2D eigenvalue weighted by atomic mass is 32.2. The lowest BCUT2D eigenvalue weighted by Gasteiger charge is -2.10. The second-order valence-electron chi connectivity index (χ2n) is 5.21. The highest BCUT2D eigenvalue weighted by Gasteiger charge is 2.05. The van der Waals surface area contributed by atoms with Gasteiger partial charge in [-0.1, -0.05) is 42.1 Å². The van der Waals surface area contributed by atoms with Crippen LogP contribution in [0.4, 0.5) is 0 Å². The van der Waals surface area contributed by atoms with Crippen LogP contribution in [-0.4, -0.2) is 38.8 Å². The van der Waals surface area contributed by atoms with Gasteiger partial charge in [0.25, 0.3) is 0 Å². The maximum atomic E-state index is 5.88. The third kappa shape index (κ3) is 6.78. The zero-order valence-corrected chi connectivity index (χ0v) is 15.7. The van der Waals surface area contributed by atoms with Crippen LogP contribution in [0.1, 0.15) is 11.1 Å². The van der Waals surface area contributed by atoms with Crippen molar-refractivity contribution in [1.82, 2.24) is 0 Å². The molecule has 2 N–H and O–H groups in total. The molecule has 0 radical (unpaired) electrons. The molecule has 7 heteroatoms. The van der Waals surface area contributed by atoms with Gasteiger partial charge in [-0.3, -0.25) is 0 Å². The van der Waals surface area contributed by atoms with Gasteiger partial charge in [0.15, 0.2) is 16.7 Å². The SMILES string of the molecule is COCCOc1ccc(C=NN=C(N)SCc2ccccc2)cc1OC. The van der Waals surface area contributed by atoms with E-state index in [-0.39, 0.29) is 0 Å². The first kappa shape index (κ1) is 19.8. The largest absolute Gasteiger partial charge is 0.493 e. The minimum atomic E-state index is 0.414. The molecule has 0 saturated carbocycles. The summed E-state index contributed by atoms with van der Waals surface area (Å²) in [5.74, 6) is 2.04. The Kier molecular flexibility index (Phi) is 8.51. The van der Waals surface area contributed by atoms with E-state index in [1.807, 2.05) is 48.5 Å². The number of methoxy groups -OCH3 is 2. The van der Waals surface area contributed by atoms with Crippen molar-refractivity contribution < 1.29 is 14.2 Å². The Morgan fingerprint density at radius 1 is 1.08 bits per heavy atom. The maximum Gasteiger partial charge on any atom is 0.180 e. The molecule has 138 valence electrons. The van der Waals surface area contributed by atoms with Crippen molar-refractivity contribution in [1.29, 1.82) is 0 Å². The van der Waals surface area contributed by atoms with Crippen LogP contribution in [0.25, 0.3) is 0 Å². The molecule has 0 heterocycles. The molecule has 0 bridgehead atoms. The fourth-order valence-corrected chi connectivity index (χ4v) is 2.64. The number of nitrogens with zero attached hydrogens (tertiary/aromatic N) is 2. The quantitative estimate of drug-likeness (QED) is 0.316. The fraction of sp³-hybridized carbons (Fsp3) is 0.263. The van der Waals surface area contributed by atoms with Gasteiger partial charge in [-0.15, -0.1) is 5.10 Å². The molecule has 2 aromatic rings. The van der Waals surface area contributed by atoms with Crippen molar-refractivity contribution in [2.45, 2.75) is 5.75 Å². The van der Waals surface area contributed by atoms with Gasteiger partial charge in [-0.25, -0.2) is 0 Å². The lowest BCUT2D eigenvalue weighted by molar-refractivity contribution is 0.144. The Morgan fingerprint density at radius 3 is 2.62 bits per heavy atom. The number of rotatable bonds is 9. The van der Waals surface area contributed by atoms with Crippen LogP contribution < -0.4 is 15.2 Å². The van der Waals surface area contributed by atoms with Crippen LogP contribution in [0, 0.1) is 0 Å². The molecule has 0 aliphatic rings. The van der Waals surface area contributed by atoms with Gasteiger partial charge in [0.2, 0.25) is 0 Å². The van der Waals surface area contributed by atoms with Crippen molar-refractivity contribution >= 4 is 23.1 Å². The van der Waals surface area contributed by atoms with E-state index in [0.29, 0.717) is 29.9 Å². The van der Waals surface area contributed by atoms with Crippen molar-refractivity contribution in [3.8, 4) is 11.5 Å². The Balaban J connectivity index is 1.91. The van der Waals surface area contributed by atoms with Crippen molar-refractivity contribution in [3.63, 3.8) is 0 Å². The number of hydrogen-bond acceptors (Lipinski definition) is 6. The van der Waals surface area contributed by atoms with Crippen LogP contribution in [-0.2, 0) is 10.5 Å². The van der Waals surface area contributed by atoms with E-state index in [0.717, 1.165) is 11.3 Å². The standard InChI is InChI=1S/C19H23N3O3S/c1-23-10-11-25-17-9-8-16(12-18(17)24-2)13-21-22-19(20)26-14-15-6-4-3-5-7-15/h3-9,12-13H,10-11,14H2,1-2H3,(H2,20,22). The molecular weight excluding hydrogens is 350 g/mol. The zero-order chi connectivity index (χ0) is 18.6. The smallest absolute Gasteiger partial charge is 0.180 e. The first-order chi connectivity index (χ1) is 12.7. The number of amidine groups is 1. The predicted octanol–water partition coefficient (Wildman–Crippen LogP) is 3.30. The number of benzene rings is 2. The molecule has 0 amide bonds. The molecule has 26 heavy (non-hydrogen) atoms. The Morgan fingerprint density at radius 2 is 1.88 bits per heavy atom. The summed E-state index contributed by atoms with van der Waals surface area (Å²) in [6.45, 7) is 0.973. The second-order valence-corrected chi connectivity index (χ2v) is 6.20. The summed E-state index contributed by atoms with van der Waals surface area (Å²) in [6.07, 6.45) is 1.62. The number of ether oxygens (including phenoxy) is 3. The summed E-state index contributed by atoms with van der Waals surface area (Å²) < 4.78 is 15.9. The highest BCUT2D eigenvalue weighted by Crippen LogP contribution is 2.27. The summed E-state index contributed by atoms with van der Waals surface area (Å²) in [5, 5.41) is 8.46. The molecule has 0 aliphatic carbocycles. The van der Waals surface area contributed by atoms with Gasteiger partial charge in [0, 0.05) is 12.9 Å². The van der Waals surface area contributed by atoms with Crippen molar-refractivity contribution in [2.75, 3.05) is 27.4 Å². The molecule has 0 unspecified atom stereocenters. The Bertz CT molecular complexity index is 736. The summed E-state index contributed by atoms with van der Waals surface area (Å²) in [7, 11) is 3.22. The zero-order valence-electron chi connectivity index (χ0n) is 14.9. The van der Waals surface area contributed by atoms with E-state index in [2.05, 4.69) is 10.2 Å². The minimum Gasteiger partial charge on any atom is -0.493 e. The average molecular weight is 373 g/mol. The van der Waals surface area contributed by atoms with Crippen molar-refractivity contribution in [2.24, 2.45) is 15.9 Å². The molecule has 0 atom stereocenters. The van der Waals surface area contributed by atoms with Gasteiger partial charge in [-0.2, -0.15) is 5.10 Å². The van der Waals surface area contributed by atoms with Crippen LogP contribution in [0.5, 0.6) is 11.5 Å². The van der Waals surface area contributed by atoms with Gasteiger partial charge in [-0.05, 0) is 29.3 Å². The van der Waals surface area contributed by atoms with Crippen molar-refractivity contribution in [3.05, 3.63) is 59.7 Å². The third-order valence-electron chi connectivity index (χ3n) is 3.33. The van der Waals surface area contributed by atoms with E-state index >= 15 is 0 Å². The molecule has 0 aromatic heterocycles. The van der Waals surface area contributed by atoms with Crippen LogP contribution >= 0.6 is 11.8 Å². The Labute approximate surface area is 158 Å². The normalized spacial score (nSPS) is 11.7. The second kappa shape index (κ2) is 11.2. The topological polar surface area (TPSA) is 78.4 Å². The summed E-state index contributed by atoms with van der Waals surface area (Å²) in [6, 6.07) is 15.6. The summed E-state index contributed by atoms with van der Waals surface area (Å²) >= 11 is 1.44. The first-order valence-electron chi connectivity index (χ1n) is 8.06. The van der Waals surface area contributed by atoms with Crippen LogP contribution in [0.3, 0.4) is 0 Å². The predicted molar refractivity (Wildman–Crippen MR) is 107 cm³/mol. The lowest BCUT2D eigenvalue weighted by Crippen LogP contribution is -2.06. The lowest BCUT2D eigenvalue weighted by atomic mass is 10.2. The minimum absolute atomic E-state index is 0.414. The van der Waals surface area contributed by atoms with E-state index < -0.39 is 0 Å². The molecule has 2 aromatic carbocycles. The number of thioether (sulfide) groups is 1. The molecule has 6 nitrogen and oxygen atoms in total. The number of nitrogens with two attached hydrogens (primary N) is 1. The fourth-order valence-electron chi connectivity index (χ4n) is 2.03.